The summed E-state index contributed by atoms with van der Waals surface area (Å²) in [6.45, 7) is 12.7. The maximum Gasteiger partial charge on any atom is 0.324 e. The fourth-order valence-corrected chi connectivity index (χ4v) is 5.88. The lowest BCUT2D eigenvalue weighted by Gasteiger charge is -2.34. The summed E-state index contributed by atoms with van der Waals surface area (Å²) in [4.78, 5) is 28.8. The predicted molar refractivity (Wildman–Crippen MR) is 167 cm³/mol. The van der Waals surface area contributed by atoms with Crippen molar-refractivity contribution in [2.75, 3.05) is 55.4 Å². The second-order valence-electron chi connectivity index (χ2n) is 11.7. The van der Waals surface area contributed by atoms with Crippen molar-refractivity contribution in [3.8, 4) is 11.3 Å². The zero-order valence-electron chi connectivity index (χ0n) is 24.5. The van der Waals surface area contributed by atoms with Gasteiger partial charge >= 0.3 is 6.03 Å². The van der Waals surface area contributed by atoms with Gasteiger partial charge in [0.25, 0.3) is 0 Å². The first-order valence-electron chi connectivity index (χ1n) is 14.1. The van der Waals surface area contributed by atoms with Crippen LogP contribution in [-0.4, -0.2) is 76.4 Å². The van der Waals surface area contributed by atoms with E-state index in [4.69, 9.17) is 19.2 Å². The van der Waals surface area contributed by atoms with Gasteiger partial charge in [0, 0.05) is 61.7 Å². The molecule has 220 valence electrons. The quantitative estimate of drug-likeness (QED) is 0.249. The van der Waals surface area contributed by atoms with Gasteiger partial charge in [-0.05, 0) is 31.2 Å². The highest BCUT2D eigenvalue weighted by Crippen LogP contribution is 2.30. The summed E-state index contributed by atoms with van der Waals surface area (Å²) in [6, 6.07) is 13.6. The van der Waals surface area contributed by atoms with Crippen molar-refractivity contribution in [3.05, 3.63) is 54.4 Å². The number of urea groups is 1. The van der Waals surface area contributed by atoms with E-state index in [-0.39, 0.29) is 5.41 Å². The van der Waals surface area contributed by atoms with Gasteiger partial charge in [-0.15, -0.1) is 0 Å². The van der Waals surface area contributed by atoms with Crippen LogP contribution in [0.25, 0.3) is 26.6 Å². The molecular weight excluding hydrogens is 552 g/mol. The Morgan fingerprint density at radius 2 is 1.95 bits per heavy atom. The van der Waals surface area contributed by atoms with Crippen molar-refractivity contribution in [1.29, 1.82) is 0 Å². The molecule has 0 unspecified atom stereocenters. The Bertz CT molecular complexity index is 1700. The smallest absolute Gasteiger partial charge is 0.324 e. The first kappa shape index (κ1) is 28.1. The van der Waals surface area contributed by atoms with Crippen LogP contribution in [0.15, 0.2) is 53.2 Å². The Labute approximate surface area is 248 Å². The van der Waals surface area contributed by atoms with E-state index in [1.165, 1.54) is 0 Å². The Hall–Kier alpha value is -4.00. The molecule has 42 heavy (non-hydrogen) atoms. The molecule has 0 spiro atoms. The highest BCUT2D eigenvalue weighted by atomic mass is 32.1. The van der Waals surface area contributed by atoms with Gasteiger partial charge in [0.1, 0.15) is 16.4 Å². The fraction of sp³-hybridized carbons (Fsp3) is 0.400. The van der Waals surface area contributed by atoms with Gasteiger partial charge in [-0.1, -0.05) is 49.4 Å². The number of thiazole rings is 1. The third kappa shape index (κ3) is 5.96. The molecule has 4 aromatic heterocycles. The van der Waals surface area contributed by atoms with Crippen LogP contribution in [0.5, 0.6) is 0 Å². The number of anilines is 3. The Kier molecular flexibility index (Phi) is 7.60. The SMILES string of the molecule is C[C@@H]1COCCN1CCN(C)c1ccc2c(n1)sc1nc(-c3ccc(NC(=O)Nc4cc(C(C)(C)C)on4)cc3)cn12. The number of carbonyl (C=O) groups excluding carboxylic acids is 1. The van der Waals surface area contributed by atoms with E-state index in [9.17, 15) is 4.79 Å². The number of likely N-dealkylation sites (N-methyl/N-ethyl adjacent to an activating group) is 1. The molecule has 1 saturated heterocycles. The summed E-state index contributed by atoms with van der Waals surface area (Å²) in [5, 5.41) is 9.47. The molecule has 0 radical (unpaired) electrons. The van der Waals surface area contributed by atoms with E-state index in [1.807, 2.05) is 51.2 Å². The predicted octanol–water partition coefficient (Wildman–Crippen LogP) is 5.70. The Morgan fingerprint density at radius 3 is 2.69 bits per heavy atom. The van der Waals surface area contributed by atoms with E-state index in [1.54, 1.807) is 17.4 Å². The van der Waals surface area contributed by atoms with Crippen LogP contribution in [0.2, 0.25) is 0 Å². The number of hydrogen-bond acceptors (Lipinski definition) is 9. The van der Waals surface area contributed by atoms with E-state index in [2.05, 4.69) is 56.1 Å². The minimum absolute atomic E-state index is 0.189. The molecule has 11 nitrogen and oxygen atoms in total. The molecule has 12 heteroatoms. The van der Waals surface area contributed by atoms with E-state index < -0.39 is 6.03 Å². The standard InChI is InChI=1S/C30H36N8O3S/c1-19-18-40-15-14-37(19)13-12-36(5)26-11-10-23-27(34-26)42-29-32-22(17-38(23)29)20-6-8-21(9-7-20)31-28(39)33-25-16-24(41-35-25)30(2,3)4/h6-11,16-17,19H,12-15,18H2,1-5H3,(H2,31,33,35,39)/t19-/m1/s1. The number of imidazole rings is 1. The number of fused-ring (bicyclic) bond motifs is 3. The number of nitrogens with zero attached hydrogens (tertiary/aromatic N) is 6. The third-order valence-electron chi connectivity index (χ3n) is 7.49. The summed E-state index contributed by atoms with van der Waals surface area (Å²) < 4.78 is 13.0. The lowest BCUT2D eigenvalue weighted by molar-refractivity contribution is 0.00125. The number of ether oxygens (including phenoxy) is 1. The van der Waals surface area contributed by atoms with Crippen molar-refractivity contribution in [2.45, 2.75) is 39.2 Å². The van der Waals surface area contributed by atoms with Gasteiger partial charge in [0.2, 0.25) is 0 Å². The summed E-state index contributed by atoms with van der Waals surface area (Å²) >= 11 is 1.58. The van der Waals surface area contributed by atoms with Gasteiger partial charge < -0.3 is 19.5 Å². The van der Waals surface area contributed by atoms with Crippen LogP contribution in [0.3, 0.4) is 0 Å². The van der Waals surface area contributed by atoms with E-state index in [0.29, 0.717) is 23.3 Å². The van der Waals surface area contributed by atoms with E-state index in [0.717, 1.165) is 65.2 Å². The average molecular weight is 589 g/mol. The molecule has 5 aromatic rings. The van der Waals surface area contributed by atoms with Crippen molar-refractivity contribution in [1.82, 2.24) is 24.4 Å². The van der Waals surface area contributed by atoms with Gasteiger partial charge in [0.05, 0.1) is 24.4 Å². The van der Waals surface area contributed by atoms with Crippen LogP contribution >= 0.6 is 11.3 Å². The Morgan fingerprint density at radius 1 is 1.14 bits per heavy atom. The van der Waals surface area contributed by atoms with Crippen molar-refractivity contribution < 1.29 is 14.1 Å². The normalized spacial score (nSPS) is 16.3. The Balaban J connectivity index is 1.10. The van der Waals surface area contributed by atoms with Gasteiger partial charge in [0.15, 0.2) is 10.8 Å². The number of amides is 2. The van der Waals surface area contributed by atoms with Crippen LogP contribution in [0, 0.1) is 0 Å². The molecule has 1 atom stereocenters. The minimum atomic E-state index is -0.390. The highest BCUT2D eigenvalue weighted by molar-refractivity contribution is 7.23. The molecule has 1 aliphatic rings. The van der Waals surface area contributed by atoms with Gasteiger partial charge in [-0.3, -0.25) is 14.6 Å². The van der Waals surface area contributed by atoms with Crippen LogP contribution in [-0.2, 0) is 10.2 Å². The third-order valence-corrected chi connectivity index (χ3v) is 8.46. The second-order valence-corrected chi connectivity index (χ2v) is 12.7. The first-order valence-corrected chi connectivity index (χ1v) is 14.9. The van der Waals surface area contributed by atoms with E-state index >= 15 is 0 Å². The number of morpholine rings is 1. The molecule has 1 fully saturated rings. The maximum absolute atomic E-state index is 12.5. The molecule has 6 rings (SSSR count). The molecule has 5 heterocycles. The lowest BCUT2D eigenvalue weighted by atomic mass is 9.93. The second kappa shape index (κ2) is 11.3. The van der Waals surface area contributed by atoms with Crippen LogP contribution in [0.4, 0.5) is 22.1 Å². The average Bonchev–Trinajstić information content (AvgIpc) is 3.67. The fourth-order valence-electron chi connectivity index (χ4n) is 4.91. The molecule has 0 bridgehead atoms. The number of nitrogens with one attached hydrogen (secondary N) is 2. The molecule has 1 aromatic carbocycles. The number of aromatic nitrogens is 4. The topological polar surface area (TPSA) is 113 Å². The molecule has 1 aliphatic heterocycles. The summed E-state index contributed by atoms with van der Waals surface area (Å²) in [5.74, 6) is 2.03. The first-order chi connectivity index (χ1) is 20.1. The minimum Gasteiger partial charge on any atom is -0.379 e. The molecule has 0 saturated carbocycles. The molecule has 2 N–H and O–H groups in total. The lowest BCUT2D eigenvalue weighted by Crippen LogP contribution is -2.46. The number of benzene rings is 1. The molecular formula is C30H36N8O3S. The summed E-state index contributed by atoms with van der Waals surface area (Å²) in [6.07, 6.45) is 2.03. The zero-order valence-corrected chi connectivity index (χ0v) is 25.4. The van der Waals surface area contributed by atoms with Gasteiger partial charge in [-0.25, -0.2) is 14.8 Å². The van der Waals surface area contributed by atoms with Crippen molar-refractivity contribution in [2.24, 2.45) is 0 Å². The summed E-state index contributed by atoms with van der Waals surface area (Å²) in [7, 11) is 2.09. The number of hydrogen-bond donors (Lipinski definition) is 2. The molecule has 2 amide bonds. The van der Waals surface area contributed by atoms with Crippen molar-refractivity contribution >= 4 is 50.0 Å². The number of carbonyl (C=O) groups is 1. The van der Waals surface area contributed by atoms with Crippen LogP contribution < -0.4 is 15.5 Å². The molecule has 0 aliphatic carbocycles. The largest absolute Gasteiger partial charge is 0.379 e. The maximum atomic E-state index is 12.5. The summed E-state index contributed by atoms with van der Waals surface area (Å²) in [5.41, 5.74) is 3.32. The number of rotatable bonds is 7. The monoisotopic (exact) mass is 588 g/mol. The van der Waals surface area contributed by atoms with Crippen LogP contribution in [0.1, 0.15) is 33.5 Å². The van der Waals surface area contributed by atoms with Gasteiger partial charge in [-0.2, -0.15) is 0 Å². The van der Waals surface area contributed by atoms with Crippen molar-refractivity contribution in [3.63, 3.8) is 0 Å². The zero-order chi connectivity index (χ0) is 29.4. The highest BCUT2D eigenvalue weighted by Gasteiger charge is 2.21. The number of pyridine rings is 1.